The number of carbonyl (C=O) groups excluding carboxylic acids is 1. The maximum atomic E-state index is 12.2. The predicted octanol–water partition coefficient (Wildman–Crippen LogP) is 2.62. The van der Waals surface area contributed by atoms with Crippen LogP contribution in [0.3, 0.4) is 0 Å². The summed E-state index contributed by atoms with van der Waals surface area (Å²) in [6, 6.07) is 4.45. The van der Waals surface area contributed by atoms with Crippen LogP contribution in [-0.2, 0) is 6.54 Å². The van der Waals surface area contributed by atoms with Gasteiger partial charge in [0.25, 0.3) is 0 Å². The maximum absolute atomic E-state index is 12.2. The van der Waals surface area contributed by atoms with Gasteiger partial charge < -0.3 is 14.8 Å². The van der Waals surface area contributed by atoms with Gasteiger partial charge in [0.2, 0.25) is 0 Å². The lowest BCUT2D eigenvalue weighted by molar-refractivity contribution is 0.133. The van der Waals surface area contributed by atoms with Crippen LogP contribution in [-0.4, -0.2) is 28.6 Å². The first-order chi connectivity index (χ1) is 8.65. The Hall–Kier alpha value is -1.45. The molecule has 0 bridgehead atoms. The highest BCUT2D eigenvalue weighted by molar-refractivity contribution is 5.74. The lowest BCUT2D eigenvalue weighted by Crippen LogP contribution is -2.48. The van der Waals surface area contributed by atoms with Gasteiger partial charge in [0, 0.05) is 31.5 Å². The quantitative estimate of drug-likeness (QED) is 0.878. The molecular weight excluding hydrogens is 226 g/mol. The maximum Gasteiger partial charge on any atom is 0.318 e. The summed E-state index contributed by atoms with van der Waals surface area (Å²) >= 11 is 0. The van der Waals surface area contributed by atoms with Gasteiger partial charge in [-0.25, -0.2) is 4.79 Å². The zero-order valence-electron chi connectivity index (χ0n) is 11.5. The Morgan fingerprint density at radius 1 is 1.50 bits per heavy atom. The van der Waals surface area contributed by atoms with Crippen LogP contribution in [0.1, 0.15) is 38.9 Å². The van der Waals surface area contributed by atoms with E-state index >= 15 is 0 Å². The van der Waals surface area contributed by atoms with Gasteiger partial charge in [0.15, 0.2) is 0 Å². The molecule has 1 aliphatic heterocycles. The first-order valence-electron chi connectivity index (χ1n) is 6.84. The van der Waals surface area contributed by atoms with E-state index in [1.807, 2.05) is 4.90 Å². The van der Waals surface area contributed by atoms with Crippen LogP contribution < -0.4 is 5.32 Å². The summed E-state index contributed by atoms with van der Waals surface area (Å²) in [5, 5.41) is 2.99. The Kier molecular flexibility index (Phi) is 3.94. The highest BCUT2D eigenvalue weighted by atomic mass is 16.2. The third kappa shape index (κ3) is 2.37. The molecule has 0 aromatic carbocycles. The van der Waals surface area contributed by atoms with Gasteiger partial charge in [-0.1, -0.05) is 20.8 Å². The van der Waals surface area contributed by atoms with Crippen molar-refractivity contribution in [2.75, 3.05) is 13.1 Å². The monoisotopic (exact) mass is 249 g/mol. The van der Waals surface area contributed by atoms with Gasteiger partial charge in [0.1, 0.15) is 0 Å². The normalized spacial score (nSPS) is 18.9. The minimum atomic E-state index is 0.0722. The molecule has 18 heavy (non-hydrogen) atoms. The Bertz CT molecular complexity index is 411. The van der Waals surface area contributed by atoms with Gasteiger partial charge in [0.05, 0.1) is 6.04 Å². The van der Waals surface area contributed by atoms with Crippen LogP contribution in [0.5, 0.6) is 0 Å². The molecule has 2 amide bonds. The van der Waals surface area contributed by atoms with E-state index < -0.39 is 0 Å². The van der Waals surface area contributed by atoms with E-state index in [1.54, 1.807) is 0 Å². The highest BCUT2D eigenvalue weighted by Gasteiger charge is 2.32. The van der Waals surface area contributed by atoms with E-state index in [4.69, 9.17) is 0 Å². The number of aromatic nitrogens is 1. The van der Waals surface area contributed by atoms with Crippen LogP contribution in [0, 0.1) is 5.92 Å². The summed E-state index contributed by atoms with van der Waals surface area (Å²) in [4.78, 5) is 14.2. The molecule has 0 radical (unpaired) electrons. The molecule has 2 rings (SSSR count). The van der Waals surface area contributed by atoms with E-state index in [1.165, 1.54) is 5.69 Å². The first-order valence-corrected chi connectivity index (χ1v) is 6.84. The number of rotatable bonds is 3. The second-order valence-corrected chi connectivity index (χ2v) is 5.24. The topological polar surface area (TPSA) is 37.3 Å². The van der Waals surface area contributed by atoms with Crippen molar-refractivity contribution in [3.63, 3.8) is 0 Å². The number of urea groups is 1. The average molecular weight is 249 g/mol. The first kappa shape index (κ1) is 13.0. The standard InChI is InChI=1S/C14H23N3O/c1-4-7-15-14(18)17-10-9-16-8-5-6-12(16)13(17)11(2)3/h5-6,8,11,13H,4,7,9-10H2,1-3H3,(H,15,18)/t13-/m1/s1. The Morgan fingerprint density at radius 3 is 2.94 bits per heavy atom. The fourth-order valence-corrected chi connectivity index (χ4v) is 2.68. The molecule has 1 aromatic rings. The van der Waals surface area contributed by atoms with Crippen molar-refractivity contribution in [1.29, 1.82) is 0 Å². The molecular formula is C14H23N3O. The predicted molar refractivity (Wildman–Crippen MR) is 72.4 cm³/mol. The van der Waals surface area contributed by atoms with Gasteiger partial charge in [-0.05, 0) is 24.5 Å². The number of hydrogen-bond donors (Lipinski definition) is 1. The van der Waals surface area contributed by atoms with Crippen molar-refractivity contribution in [2.45, 2.75) is 39.8 Å². The molecule has 0 aliphatic carbocycles. The number of carbonyl (C=O) groups is 1. The van der Waals surface area contributed by atoms with E-state index in [9.17, 15) is 4.79 Å². The third-order valence-corrected chi connectivity index (χ3v) is 3.50. The zero-order chi connectivity index (χ0) is 13.1. The number of nitrogens with zero attached hydrogens (tertiary/aromatic N) is 2. The van der Waals surface area contributed by atoms with Crippen molar-refractivity contribution in [2.24, 2.45) is 5.92 Å². The lowest BCUT2D eigenvalue weighted by Gasteiger charge is -2.39. The van der Waals surface area contributed by atoms with Crippen molar-refractivity contribution in [1.82, 2.24) is 14.8 Å². The summed E-state index contributed by atoms with van der Waals surface area (Å²) in [5.74, 6) is 0.423. The molecule has 0 unspecified atom stereocenters. The SMILES string of the molecule is CCCNC(=O)N1CCn2cccc2[C@H]1C(C)C. The molecule has 4 heteroatoms. The molecule has 0 saturated heterocycles. The summed E-state index contributed by atoms with van der Waals surface area (Å²) in [6.07, 6.45) is 3.08. The highest BCUT2D eigenvalue weighted by Crippen LogP contribution is 2.32. The molecule has 100 valence electrons. The van der Waals surface area contributed by atoms with Gasteiger partial charge in [-0.15, -0.1) is 0 Å². The summed E-state index contributed by atoms with van der Waals surface area (Å²) < 4.78 is 2.26. The molecule has 0 saturated carbocycles. The van der Waals surface area contributed by atoms with Crippen molar-refractivity contribution < 1.29 is 4.79 Å². The molecule has 1 aromatic heterocycles. The van der Waals surface area contributed by atoms with Gasteiger partial charge in [-0.2, -0.15) is 0 Å². The second-order valence-electron chi connectivity index (χ2n) is 5.24. The largest absolute Gasteiger partial charge is 0.348 e. The second kappa shape index (κ2) is 5.46. The molecule has 4 nitrogen and oxygen atoms in total. The third-order valence-electron chi connectivity index (χ3n) is 3.50. The van der Waals surface area contributed by atoms with Crippen LogP contribution in [0.2, 0.25) is 0 Å². The molecule has 1 aliphatic rings. The molecule has 2 heterocycles. The van der Waals surface area contributed by atoms with Crippen molar-refractivity contribution in [3.8, 4) is 0 Å². The van der Waals surface area contributed by atoms with Crippen LogP contribution in [0.25, 0.3) is 0 Å². The smallest absolute Gasteiger partial charge is 0.318 e. The Labute approximate surface area is 109 Å². The summed E-state index contributed by atoms with van der Waals surface area (Å²) in [7, 11) is 0. The van der Waals surface area contributed by atoms with Crippen molar-refractivity contribution >= 4 is 6.03 Å². The molecule has 0 fully saturated rings. The molecule has 1 N–H and O–H groups in total. The van der Waals surface area contributed by atoms with Crippen LogP contribution in [0.4, 0.5) is 4.79 Å². The van der Waals surface area contributed by atoms with E-state index in [2.05, 4.69) is 49.0 Å². The lowest BCUT2D eigenvalue weighted by atomic mass is 9.97. The van der Waals surface area contributed by atoms with E-state index in [0.29, 0.717) is 5.92 Å². The summed E-state index contributed by atoms with van der Waals surface area (Å²) in [5.41, 5.74) is 1.25. The van der Waals surface area contributed by atoms with Gasteiger partial charge >= 0.3 is 6.03 Å². The number of nitrogens with one attached hydrogen (secondary N) is 1. The van der Waals surface area contributed by atoms with E-state index in [0.717, 1.165) is 26.1 Å². The number of amides is 2. The Morgan fingerprint density at radius 2 is 2.28 bits per heavy atom. The van der Waals surface area contributed by atoms with Crippen LogP contribution in [0.15, 0.2) is 18.3 Å². The Balaban J connectivity index is 2.19. The fourth-order valence-electron chi connectivity index (χ4n) is 2.68. The zero-order valence-corrected chi connectivity index (χ0v) is 11.5. The molecule has 0 spiro atoms. The van der Waals surface area contributed by atoms with Gasteiger partial charge in [-0.3, -0.25) is 0 Å². The van der Waals surface area contributed by atoms with E-state index in [-0.39, 0.29) is 12.1 Å². The minimum absolute atomic E-state index is 0.0722. The minimum Gasteiger partial charge on any atom is -0.348 e. The van der Waals surface area contributed by atoms with Crippen LogP contribution >= 0.6 is 0 Å². The fraction of sp³-hybridized carbons (Fsp3) is 0.643. The number of fused-ring (bicyclic) bond motifs is 1. The summed E-state index contributed by atoms with van der Waals surface area (Å²) in [6.45, 7) is 8.86. The number of hydrogen-bond acceptors (Lipinski definition) is 1. The van der Waals surface area contributed by atoms with Crippen molar-refractivity contribution in [3.05, 3.63) is 24.0 Å². The average Bonchev–Trinajstić information content (AvgIpc) is 2.82. The molecule has 1 atom stereocenters.